The second-order valence-corrected chi connectivity index (χ2v) is 4.58. The van der Waals surface area contributed by atoms with Gasteiger partial charge in [0.15, 0.2) is 0 Å². The molecule has 0 aliphatic carbocycles. The molecular formula is C13H20F3N3. The molecule has 0 saturated heterocycles. The van der Waals surface area contributed by atoms with Crippen molar-refractivity contribution < 1.29 is 13.2 Å². The van der Waals surface area contributed by atoms with Crippen LogP contribution in [0.5, 0.6) is 0 Å². The predicted molar refractivity (Wildman–Crippen MR) is 70.0 cm³/mol. The zero-order valence-electron chi connectivity index (χ0n) is 11.3. The smallest absolute Gasteiger partial charge is 0.370 e. The predicted octanol–water partition coefficient (Wildman–Crippen LogP) is 3.29. The number of alkyl halides is 3. The molecule has 0 aromatic carbocycles. The van der Waals surface area contributed by atoms with Gasteiger partial charge in [0.2, 0.25) is 0 Å². The minimum absolute atomic E-state index is 0.000659. The van der Waals surface area contributed by atoms with E-state index in [1.807, 2.05) is 12.1 Å². The maximum absolute atomic E-state index is 12.1. The minimum atomic E-state index is -4.10. The molecule has 3 nitrogen and oxygen atoms in total. The van der Waals surface area contributed by atoms with Crippen LogP contribution in [-0.4, -0.2) is 36.2 Å². The van der Waals surface area contributed by atoms with E-state index in [9.17, 15) is 13.2 Å². The minimum Gasteiger partial charge on any atom is -0.370 e. The molecule has 19 heavy (non-hydrogen) atoms. The molecule has 0 unspecified atom stereocenters. The lowest BCUT2D eigenvalue weighted by atomic mass is 10.2. The largest absolute Gasteiger partial charge is 0.390 e. The molecule has 1 aromatic rings. The molecule has 1 heterocycles. The number of pyridine rings is 1. The number of anilines is 1. The van der Waals surface area contributed by atoms with E-state index in [-0.39, 0.29) is 6.54 Å². The van der Waals surface area contributed by atoms with E-state index in [1.54, 1.807) is 18.1 Å². The summed E-state index contributed by atoms with van der Waals surface area (Å²) in [5.74, 6) is 0.795. The van der Waals surface area contributed by atoms with E-state index in [4.69, 9.17) is 0 Å². The van der Waals surface area contributed by atoms with Crippen molar-refractivity contribution in [3.8, 4) is 0 Å². The Morgan fingerprint density at radius 1 is 1.32 bits per heavy atom. The Bertz CT molecular complexity index is 362. The van der Waals surface area contributed by atoms with Gasteiger partial charge >= 0.3 is 6.18 Å². The van der Waals surface area contributed by atoms with Crippen LogP contribution in [0.3, 0.4) is 0 Å². The van der Waals surface area contributed by atoms with Crippen LogP contribution in [-0.2, 0) is 6.54 Å². The summed E-state index contributed by atoms with van der Waals surface area (Å²) < 4.78 is 36.2. The number of rotatable bonds is 7. The summed E-state index contributed by atoms with van der Waals surface area (Å²) in [4.78, 5) is 5.86. The molecule has 0 amide bonds. The van der Waals surface area contributed by atoms with Crippen LogP contribution >= 0.6 is 0 Å². The molecule has 0 saturated carbocycles. The van der Waals surface area contributed by atoms with Crippen LogP contribution in [0.2, 0.25) is 0 Å². The first kappa shape index (κ1) is 15.8. The van der Waals surface area contributed by atoms with Gasteiger partial charge in [-0.3, -0.25) is 0 Å². The Balaban J connectivity index is 2.40. The van der Waals surface area contributed by atoms with E-state index >= 15 is 0 Å². The molecule has 0 atom stereocenters. The first-order chi connectivity index (χ1) is 8.90. The highest BCUT2D eigenvalue weighted by molar-refractivity contribution is 5.35. The third-order valence-corrected chi connectivity index (χ3v) is 2.61. The molecule has 0 aliphatic heterocycles. The van der Waals surface area contributed by atoms with E-state index < -0.39 is 12.6 Å². The van der Waals surface area contributed by atoms with Gasteiger partial charge in [-0.2, -0.15) is 13.2 Å². The van der Waals surface area contributed by atoms with E-state index in [2.05, 4.69) is 17.2 Å². The fourth-order valence-electron chi connectivity index (χ4n) is 1.58. The van der Waals surface area contributed by atoms with Crippen molar-refractivity contribution in [1.29, 1.82) is 0 Å². The van der Waals surface area contributed by atoms with Gasteiger partial charge in [-0.25, -0.2) is 4.98 Å². The molecule has 0 aliphatic rings. The summed E-state index contributed by atoms with van der Waals surface area (Å²) in [5, 5.41) is 3.15. The first-order valence-corrected chi connectivity index (χ1v) is 6.35. The lowest BCUT2D eigenvalue weighted by molar-refractivity contribution is -0.137. The van der Waals surface area contributed by atoms with Crippen LogP contribution in [0, 0.1) is 0 Å². The summed E-state index contributed by atoms with van der Waals surface area (Å²) in [6.45, 7) is 3.39. The standard InChI is InChI=1S/C13H20F3N3/c1-3-7-17-12-5-4-11(9-18-12)10-19(2)8-6-13(14,15)16/h4-5,9H,3,6-8,10H2,1-2H3,(H,17,18). The van der Waals surface area contributed by atoms with Crippen molar-refractivity contribution in [2.75, 3.05) is 25.5 Å². The second-order valence-electron chi connectivity index (χ2n) is 4.58. The molecule has 0 fully saturated rings. The van der Waals surface area contributed by atoms with E-state index in [0.717, 1.165) is 24.3 Å². The normalized spacial score (nSPS) is 11.9. The number of halogens is 3. The van der Waals surface area contributed by atoms with Gasteiger partial charge in [0, 0.05) is 25.8 Å². The van der Waals surface area contributed by atoms with Crippen molar-refractivity contribution in [3.05, 3.63) is 23.9 Å². The van der Waals surface area contributed by atoms with Crippen molar-refractivity contribution >= 4 is 5.82 Å². The second kappa shape index (κ2) is 7.33. The fourth-order valence-corrected chi connectivity index (χ4v) is 1.58. The van der Waals surface area contributed by atoms with Gasteiger partial charge in [0.1, 0.15) is 5.82 Å². The van der Waals surface area contributed by atoms with Crippen molar-refractivity contribution in [2.24, 2.45) is 0 Å². The molecule has 1 N–H and O–H groups in total. The zero-order chi connectivity index (χ0) is 14.3. The summed E-state index contributed by atoms with van der Waals surface area (Å²) in [7, 11) is 1.68. The monoisotopic (exact) mass is 275 g/mol. The number of hydrogen-bond acceptors (Lipinski definition) is 3. The first-order valence-electron chi connectivity index (χ1n) is 6.35. The van der Waals surface area contributed by atoms with Crippen LogP contribution in [0.1, 0.15) is 25.3 Å². The van der Waals surface area contributed by atoms with Crippen molar-refractivity contribution in [1.82, 2.24) is 9.88 Å². The van der Waals surface area contributed by atoms with Gasteiger partial charge in [0.25, 0.3) is 0 Å². The summed E-state index contributed by atoms with van der Waals surface area (Å²) in [6.07, 6.45) is -2.17. The summed E-state index contributed by atoms with van der Waals surface area (Å²) in [5.41, 5.74) is 0.909. The number of aromatic nitrogens is 1. The zero-order valence-corrected chi connectivity index (χ0v) is 11.3. The molecule has 0 spiro atoms. The van der Waals surface area contributed by atoms with E-state index in [0.29, 0.717) is 6.54 Å². The highest BCUT2D eigenvalue weighted by Gasteiger charge is 2.26. The van der Waals surface area contributed by atoms with Crippen LogP contribution in [0.25, 0.3) is 0 Å². The maximum atomic E-state index is 12.1. The molecule has 0 radical (unpaired) electrons. The van der Waals surface area contributed by atoms with Crippen molar-refractivity contribution in [2.45, 2.75) is 32.5 Å². The number of nitrogens with one attached hydrogen (secondary N) is 1. The lowest BCUT2D eigenvalue weighted by Gasteiger charge is -2.17. The Kier molecular flexibility index (Phi) is 6.08. The molecular weight excluding hydrogens is 255 g/mol. The molecule has 0 bridgehead atoms. The van der Waals surface area contributed by atoms with Gasteiger partial charge in [0.05, 0.1) is 6.42 Å². The number of hydrogen-bond donors (Lipinski definition) is 1. The Morgan fingerprint density at radius 2 is 2.05 bits per heavy atom. The average molecular weight is 275 g/mol. The van der Waals surface area contributed by atoms with Crippen LogP contribution in [0.15, 0.2) is 18.3 Å². The Hall–Kier alpha value is -1.30. The maximum Gasteiger partial charge on any atom is 0.390 e. The van der Waals surface area contributed by atoms with Gasteiger partial charge < -0.3 is 10.2 Å². The molecule has 1 aromatic heterocycles. The lowest BCUT2D eigenvalue weighted by Crippen LogP contribution is -2.24. The highest BCUT2D eigenvalue weighted by atomic mass is 19.4. The fraction of sp³-hybridized carbons (Fsp3) is 0.615. The quantitative estimate of drug-likeness (QED) is 0.827. The van der Waals surface area contributed by atoms with Crippen LogP contribution in [0.4, 0.5) is 19.0 Å². The highest BCUT2D eigenvalue weighted by Crippen LogP contribution is 2.19. The average Bonchev–Trinajstić information content (AvgIpc) is 2.35. The number of nitrogens with zero attached hydrogens (tertiary/aromatic N) is 2. The Morgan fingerprint density at radius 3 is 2.58 bits per heavy atom. The molecule has 1 rings (SSSR count). The molecule has 6 heteroatoms. The van der Waals surface area contributed by atoms with Crippen molar-refractivity contribution in [3.63, 3.8) is 0 Å². The Labute approximate surface area is 111 Å². The van der Waals surface area contributed by atoms with Gasteiger partial charge in [-0.1, -0.05) is 13.0 Å². The van der Waals surface area contributed by atoms with Crippen LogP contribution < -0.4 is 5.32 Å². The summed E-state index contributed by atoms with van der Waals surface area (Å²) >= 11 is 0. The topological polar surface area (TPSA) is 28.2 Å². The third-order valence-electron chi connectivity index (χ3n) is 2.61. The summed E-state index contributed by atoms with van der Waals surface area (Å²) in [6, 6.07) is 3.73. The third kappa shape index (κ3) is 7.00. The van der Waals surface area contributed by atoms with Gasteiger partial charge in [-0.15, -0.1) is 0 Å². The molecule has 108 valence electrons. The van der Waals surface area contributed by atoms with E-state index in [1.165, 1.54) is 0 Å². The van der Waals surface area contributed by atoms with Gasteiger partial charge in [-0.05, 0) is 25.1 Å². The SMILES string of the molecule is CCCNc1ccc(CN(C)CCC(F)(F)F)cn1.